The van der Waals surface area contributed by atoms with Crippen molar-refractivity contribution in [1.29, 1.82) is 0 Å². The van der Waals surface area contributed by atoms with Crippen molar-refractivity contribution in [2.75, 3.05) is 25.3 Å². The monoisotopic (exact) mass is 317 g/mol. The van der Waals surface area contributed by atoms with Crippen LogP contribution < -0.4 is 5.73 Å². The zero-order valence-electron chi connectivity index (χ0n) is 11.0. The van der Waals surface area contributed by atoms with Crippen molar-refractivity contribution in [2.24, 2.45) is 0 Å². The van der Waals surface area contributed by atoms with Gasteiger partial charge in [-0.25, -0.2) is 15.0 Å². The summed E-state index contributed by atoms with van der Waals surface area (Å²) in [6.45, 7) is -0.136. The van der Waals surface area contributed by atoms with Crippen molar-refractivity contribution in [3.05, 3.63) is 12.7 Å². The molecule has 0 aliphatic rings. The summed E-state index contributed by atoms with van der Waals surface area (Å²) >= 11 is 0. The van der Waals surface area contributed by atoms with E-state index in [-0.39, 0.29) is 19.0 Å². The highest BCUT2D eigenvalue weighted by atomic mass is 31.2. The van der Waals surface area contributed by atoms with E-state index < -0.39 is 20.0 Å². The van der Waals surface area contributed by atoms with E-state index in [1.165, 1.54) is 12.7 Å². The number of hydrogen-bond donors (Lipinski definition) is 4. The van der Waals surface area contributed by atoms with Crippen LogP contribution in [-0.4, -0.2) is 54.0 Å². The predicted molar refractivity (Wildman–Crippen MR) is 73.3 cm³/mol. The molecule has 2 aromatic rings. The van der Waals surface area contributed by atoms with Gasteiger partial charge in [0.05, 0.1) is 19.0 Å². The number of ether oxygens (including phenoxy) is 1. The Morgan fingerprint density at radius 2 is 2.14 bits per heavy atom. The maximum atomic E-state index is 10.7. The number of aromatic nitrogens is 4. The molecule has 0 bridgehead atoms. The molecule has 1 atom stereocenters. The summed E-state index contributed by atoms with van der Waals surface area (Å²) in [4.78, 5) is 29.3. The van der Waals surface area contributed by atoms with Gasteiger partial charge in [0, 0.05) is 6.61 Å². The summed E-state index contributed by atoms with van der Waals surface area (Å²) in [6.07, 6.45) is 2.46. The molecule has 2 heterocycles. The largest absolute Gasteiger partial charge is 0.394 e. The van der Waals surface area contributed by atoms with Gasteiger partial charge in [-0.2, -0.15) is 0 Å². The third-order valence-electron chi connectivity index (χ3n) is 2.85. The third kappa shape index (κ3) is 3.96. The summed E-state index contributed by atoms with van der Waals surface area (Å²) in [7, 11) is -4.19. The fourth-order valence-corrected chi connectivity index (χ4v) is 2.26. The summed E-state index contributed by atoms with van der Waals surface area (Å²) in [5.41, 5.74) is 6.70. The van der Waals surface area contributed by atoms with Gasteiger partial charge in [0.15, 0.2) is 11.5 Å². The first kappa shape index (κ1) is 15.8. The first-order valence-electron chi connectivity index (χ1n) is 6.08. The third-order valence-corrected chi connectivity index (χ3v) is 3.37. The van der Waals surface area contributed by atoms with E-state index in [1.54, 1.807) is 4.57 Å². The number of hydrogen-bond acceptors (Lipinski definition) is 7. The zero-order valence-corrected chi connectivity index (χ0v) is 11.9. The molecule has 0 amide bonds. The zero-order chi connectivity index (χ0) is 15.5. The minimum atomic E-state index is -4.19. The summed E-state index contributed by atoms with van der Waals surface area (Å²) < 4.78 is 17.2. The Hall–Kier alpha value is -1.58. The lowest BCUT2D eigenvalue weighted by Gasteiger charge is -2.17. The highest BCUT2D eigenvalue weighted by molar-refractivity contribution is 7.51. The Labute approximate surface area is 119 Å². The van der Waals surface area contributed by atoms with Crippen molar-refractivity contribution < 1.29 is 24.2 Å². The maximum absolute atomic E-state index is 10.7. The van der Waals surface area contributed by atoms with E-state index in [9.17, 15) is 9.67 Å². The molecule has 21 heavy (non-hydrogen) atoms. The van der Waals surface area contributed by atoms with Crippen LogP contribution in [0.5, 0.6) is 0 Å². The number of nitrogens with two attached hydrogens (primary N) is 1. The van der Waals surface area contributed by atoms with Crippen LogP contribution in [0.3, 0.4) is 0 Å². The van der Waals surface area contributed by atoms with E-state index in [2.05, 4.69) is 15.0 Å². The number of aliphatic hydroxyl groups is 1. The second-order valence-electron chi connectivity index (χ2n) is 4.41. The molecule has 1 unspecified atom stereocenters. The molecule has 0 saturated carbocycles. The highest BCUT2D eigenvalue weighted by Crippen LogP contribution is 2.34. The normalized spacial score (nSPS) is 13.7. The Morgan fingerprint density at radius 3 is 2.81 bits per heavy atom. The molecule has 0 spiro atoms. The standard InChI is InChI=1S/C10H16N5O5P/c11-9-8-10(13-4-12-9)14-5-15(8)7(3-16)1-2-20-6-21(17,18)19/h4-5,7,16H,1-3,6H2,(H2,11,12,13)(H2,17,18,19). The van der Waals surface area contributed by atoms with Gasteiger partial charge in [-0.15, -0.1) is 0 Å². The van der Waals surface area contributed by atoms with Crippen LogP contribution in [0.25, 0.3) is 11.2 Å². The van der Waals surface area contributed by atoms with E-state index in [0.29, 0.717) is 17.6 Å². The Bertz CT molecular complexity index is 656. The molecule has 5 N–H and O–H groups in total. The van der Waals surface area contributed by atoms with Crippen LogP contribution in [0.2, 0.25) is 0 Å². The molecule has 11 heteroatoms. The lowest BCUT2D eigenvalue weighted by molar-refractivity contribution is 0.127. The second-order valence-corrected chi connectivity index (χ2v) is 6.00. The maximum Gasteiger partial charge on any atom is 0.350 e. The van der Waals surface area contributed by atoms with Gasteiger partial charge in [0.2, 0.25) is 0 Å². The minimum Gasteiger partial charge on any atom is -0.394 e. The van der Waals surface area contributed by atoms with E-state index in [4.69, 9.17) is 20.3 Å². The average molecular weight is 317 g/mol. The average Bonchev–Trinajstić information content (AvgIpc) is 2.83. The molecular formula is C10H16N5O5P. The van der Waals surface area contributed by atoms with Crippen LogP contribution >= 0.6 is 7.60 Å². The molecule has 0 fully saturated rings. The van der Waals surface area contributed by atoms with Gasteiger partial charge in [-0.3, -0.25) is 4.57 Å². The summed E-state index contributed by atoms with van der Waals surface area (Å²) in [5, 5.41) is 9.47. The SMILES string of the molecule is Nc1ncnc2ncn(C(CO)CCOCP(=O)(O)O)c12. The number of nitrogen functional groups attached to an aromatic ring is 1. The number of imidazole rings is 1. The fraction of sp³-hybridized carbons (Fsp3) is 0.500. The van der Waals surface area contributed by atoms with Gasteiger partial charge in [0.25, 0.3) is 0 Å². The lowest BCUT2D eigenvalue weighted by Crippen LogP contribution is -2.16. The molecule has 10 nitrogen and oxygen atoms in total. The molecular weight excluding hydrogens is 301 g/mol. The molecule has 0 aliphatic heterocycles. The quantitative estimate of drug-likeness (QED) is 0.389. The first-order chi connectivity index (χ1) is 9.92. The second kappa shape index (κ2) is 6.46. The molecule has 0 aromatic carbocycles. The smallest absolute Gasteiger partial charge is 0.350 e. The van der Waals surface area contributed by atoms with Gasteiger partial charge < -0.3 is 29.9 Å². The Balaban J connectivity index is 2.08. The molecule has 2 rings (SSSR count). The summed E-state index contributed by atoms with van der Waals surface area (Å²) in [6, 6.07) is -0.403. The van der Waals surface area contributed by atoms with Crippen LogP contribution in [0, 0.1) is 0 Å². The fourth-order valence-electron chi connectivity index (χ4n) is 1.90. The first-order valence-corrected chi connectivity index (χ1v) is 7.88. The van der Waals surface area contributed by atoms with Gasteiger partial charge in [-0.1, -0.05) is 0 Å². The van der Waals surface area contributed by atoms with E-state index >= 15 is 0 Å². The van der Waals surface area contributed by atoms with Gasteiger partial charge in [-0.05, 0) is 6.42 Å². The van der Waals surface area contributed by atoms with Crippen molar-refractivity contribution in [1.82, 2.24) is 19.5 Å². The predicted octanol–water partition coefficient (Wildman–Crippen LogP) is -0.516. The molecule has 2 aromatic heterocycles. The van der Waals surface area contributed by atoms with Crippen LogP contribution in [-0.2, 0) is 9.30 Å². The van der Waals surface area contributed by atoms with Crippen molar-refractivity contribution in [3.63, 3.8) is 0 Å². The molecule has 0 aliphatic carbocycles. The van der Waals surface area contributed by atoms with Gasteiger partial charge in [0.1, 0.15) is 18.2 Å². The van der Waals surface area contributed by atoms with Crippen LogP contribution in [0.1, 0.15) is 12.5 Å². The molecule has 0 saturated heterocycles. The van der Waals surface area contributed by atoms with E-state index in [1.807, 2.05) is 0 Å². The van der Waals surface area contributed by atoms with E-state index in [0.717, 1.165) is 0 Å². The van der Waals surface area contributed by atoms with Crippen molar-refractivity contribution >= 4 is 24.6 Å². The minimum absolute atomic E-state index is 0.0730. The van der Waals surface area contributed by atoms with Crippen molar-refractivity contribution in [2.45, 2.75) is 12.5 Å². The Morgan fingerprint density at radius 1 is 1.38 bits per heavy atom. The van der Waals surface area contributed by atoms with Crippen LogP contribution in [0.15, 0.2) is 12.7 Å². The lowest BCUT2D eigenvalue weighted by atomic mass is 10.2. The Kier molecular flexibility index (Phi) is 4.86. The van der Waals surface area contributed by atoms with Gasteiger partial charge >= 0.3 is 7.60 Å². The summed E-state index contributed by atoms with van der Waals surface area (Å²) in [5.74, 6) is 0.243. The number of fused-ring (bicyclic) bond motifs is 1. The number of anilines is 1. The number of aliphatic hydroxyl groups excluding tert-OH is 1. The van der Waals surface area contributed by atoms with Crippen molar-refractivity contribution in [3.8, 4) is 0 Å². The molecule has 0 radical (unpaired) electrons. The van der Waals surface area contributed by atoms with Crippen LogP contribution in [0.4, 0.5) is 5.82 Å². The molecule has 116 valence electrons. The highest BCUT2D eigenvalue weighted by Gasteiger charge is 2.18. The number of rotatable bonds is 7. The number of nitrogens with zero attached hydrogens (tertiary/aromatic N) is 4. The topological polar surface area (TPSA) is 157 Å².